The summed E-state index contributed by atoms with van der Waals surface area (Å²) in [7, 11) is -0.836. The fourth-order valence-corrected chi connectivity index (χ4v) is 3.91. The molecule has 0 bridgehead atoms. The minimum atomic E-state index is -2.79. The van der Waals surface area contributed by atoms with Gasteiger partial charge in [-0.1, -0.05) is 0 Å². The van der Waals surface area contributed by atoms with Gasteiger partial charge in [0, 0.05) is 25.0 Å². The molecule has 100 valence electrons. The lowest BCUT2D eigenvalue weighted by atomic mass is 10.0. The molecule has 2 atom stereocenters. The lowest BCUT2D eigenvalue weighted by Crippen LogP contribution is -2.41. The molecular formula is C11H22N2O3S. The molecule has 0 amide bonds. The maximum Gasteiger partial charge on any atom is 0.151 e. The van der Waals surface area contributed by atoms with Gasteiger partial charge < -0.3 is 15.0 Å². The number of sulfone groups is 1. The van der Waals surface area contributed by atoms with Crippen molar-refractivity contribution < 1.29 is 13.2 Å². The Morgan fingerprint density at radius 1 is 1.29 bits per heavy atom. The van der Waals surface area contributed by atoms with Gasteiger partial charge in [0.15, 0.2) is 9.84 Å². The average molecular weight is 262 g/mol. The molecule has 0 aromatic rings. The number of rotatable bonds is 3. The van der Waals surface area contributed by atoms with Crippen LogP contribution < -0.4 is 5.32 Å². The fourth-order valence-electron chi connectivity index (χ4n) is 2.60. The molecule has 0 saturated carbocycles. The van der Waals surface area contributed by atoms with E-state index in [1.165, 1.54) is 0 Å². The van der Waals surface area contributed by atoms with Crippen molar-refractivity contribution in [2.75, 3.05) is 51.4 Å². The zero-order chi connectivity index (χ0) is 12.3. The highest BCUT2D eigenvalue weighted by Crippen LogP contribution is 2.16. The third kappa shape index (κ3) is 3.64. The highest BCUT2D eigenvalue weighted by atomic mass is 32.2. The first-order valence-corrected chi connectivity index (χ1v) is 8.10. The van der Waals surface area contributed by atoms with Crippen molar-refractivity contribution in [2.45, 2.75) is 12.5 Å². The first-order chi connectivity index (χ1) is 8.11. The van der Waals surface area contributed by atoms with Crippen molar-refractivity contribution in [1.82, 2.24) is 10.2 Å². The van der Waals surface area contributed by atoms with Crippen LogP contribution in [0.3, 0.4) is 0 Å². The van der Waals surface area contributed by atoms with Gasteiger partial charge in [-0.2, -0.15) is 0 Å². The van der Waals surface area contributed by atoms with Gasteiger partial charge >= 0.3 is 0 Å². The smallest absolute Gasteiger partial charge is 0.151 e. The summed E-state index contributed by atoms with van der Waals surface area (Å²) in [4.78, 5) is 2.27. The summed E-state index contributed by atoms with van der Waals surface area (Å²) in [5.74, 6) is 1.14. The molecule has 2 aliphatic heterocycles. The second-order valence-corrected chi connectivity index (χ2v) is 7.30. The van der Waals surface area contributed by atoms with E-state index in [0.29, 0.717) is 30.0 Å². The molecule has 0 radical (unpaired) electrons. The summed E-state index contributed by atoms with van der Waals surface area (Å²) < 4.78 is 28.5. The lowest BCUT2D eigenvalue weighted by Gasteiger charge is -2.25. The summed E-state index contributed by atoms with van der Waals surface area (Å²) in [6.45, 7) is 4.07. The molecule has 6 heteroatoms. The number of ether oxygens (including phenoxy) is 1. The van der Waals surface area contributed by atoms with Gasteiger partial charge in [-0.25, -0.2) is 8.42 Å². The molecule has 0 aromatic heterocycles. The van der Waals surface area contributed by atoms with Gasteiger partial charge in [0.1, 0.15) is 0 Å². The standard InChI is InChI=1S/C11H22N2O3S/c1-12-11-9-16-8-10(11)7-13-3-2-5-17(14,15)6-4-13/h10-12H,2-9H2,1H3. The molecule has 5 nitrogen and oxygen atoms in total. The highest BCUT2D eigenvalue weighted by molar-refractivity contribution is 7.91. The topological polar surface area (TPSA) is 58.6 Å². The normalized spacial score (nSPS) is 34.6. The first-order valence-electron chi connectivity index (χ1n) is 6.28. The van der Waals surface area contributed by atoms with E-state index in [-0.39, 0.29) is 0 Å². The van der Waals surface area contributed by atoms with Crippen LogP contribution in [-0.2, 0) is 14.6 Å². The Morgan fingerprint density at radius 3 is 2.88 bits per heavy atom. The Labute approximate surface area is 103 Å². The van der Waals surface area contributed by atoms with Crippen LogP contribution in [0.15, 0.2) is 0 Å². The second-order valence-electron chi connectivity index (χ2n) is 5.00. The number of likely N-dealkylation sites (N-methyl/N-ethyl adjacent to an activating group) is 1. The average Bonchev–Trinajstić information content (AvgIpc) is 2.65. The van der Waals surface area contributed by atoms with Crippen molar-refractivity contribution in [3.05, 3.63) is 0 Å². The van der Waals surface area contributed by atoms with E-state index in [9.17, 15) is 8.42 Å². The molecule has 2 rings (SSSR count). The molecule has 2 saturated heterocycles. The summed E-state index contributed by atoms with van der Waals surface area (Å²) in [6, 6.07) is 0.412. The van der Waals surface area contributed by atoms with Gasteiger partial charge in [-0.3, -0.25) is 0 Å². The fraction of sp³-hybridized carbons (Fsp3) is 1.00. The molecule has 17 heavy (non-hydrogen) atoms. The van der Waals surface area contributed by atoms with Gasteiger partial charge in [0.25, 0.3) is 0 Å². The van der Waals surface area contributed by atoms with Crippen molar-refractivity contribution in [3.63, 3.8) is 0 Å². The third-order valence-electron chi connectivity index (χ3n) is 3.71. The number of hydrogen-bond acceptors (Lipinski definition) is 5. The zero-order valence-corrected chi connectivity index (χ0v) is 11.2. The Balaban J connectivity index is 1.86. The van der Waals surface area contributed by atoms with E-state index < -0.39 is 9.84 Å². The van der Waals surface area contributed by atoms with E-state index in [1.54, 1.807) is 0 Å². The Bertz CT molecular complexity index is 345. The Morgan fingerprint density at radius 2 is 2.12 bits per heavy atom. The Kier molecular flexibility index (Phi) is 4.41. The molecule has 0 aromatic carbocycles. The minimum Gasteiger partial charge on any atom is -0.379 e. The summed E-state index contributed by atoms with van der Waals surface area (Å²) in [5, 5.41) is 3.27. The van der Waals surface area contributed by atoms with Crippen LogP contribution in [0.4, 0.5) is 0 Å². The molecule has 2 fully saturated rings. The minimum absolute atomic E-state index is 0.310. The van der Waals surface area contributed by atoms with Gasteiger partial charge in [-0.15, -0.1) is 0 Å². The van der Waals surface area contributed by atoms with Crippen molar-refractivity contribution in [2.24, 2.45) is 5.92 Å². The van der Waals surface area contributed by atoms with Crippen LogP contribution in [0.1, 0.15) is 6.42 Å². The molecular weight excluding hydrogens is 240 g/mol. The lowest BCUT2D eigenvalue weighted by molar-refractivity contribution is 0.169. The molecule has 2 heterocycles. The second kappa shape index (κ2) is 5.65. The van der Waals surface area contributed by atoms with Crippen molar-refractivity contribution in [3.8, 4) is 0 Å². The number of nitrogens with one attached hydrogen (secondary N) is 1. The van der Waals surface area contributed by atoms with Crippen LogP contribution in [0.25, 0.3) is 0 Å². The van der Waals surface area contributed by atoms with Crippen LogP contribution in [0, 0.1) is 5.92 Å². The van der Waals surface area contributed by atoms with E-state index in [4.69, 9.17) is 4.74 Å². The van der Waals surface area contributed by atoms with Crippen molar-refractivity contribution >= 4 is 9.84 Å². The number of nitrogens with zero attached hydrogens (tertiary/aromatic N) is 1. The summed E-state index contributed by atoms with van der Waals surface area (Å²) in [5.41, 5.74) is 0. The highest BCUT2D eigenvalue weighted by Gasteiger charge is 2.29. The van der Waals surface area contributed by atoms with Crippen LogP contribution in [-0.4, -0.2) is 70.8 Å². The van der Waals surface area contributed by atoms with Crippen LogP contribution in [0.5, 0.6) is 0 Å². The van der Waals surface area contributed by atoms with Crippen molar-refractivity contribution in [1.29, 1.82) is 0 Å². The number of hydrogen-bond donors (Lipinski definition) is 1. The van der Waals surface area contributed by atoms with E-state index in [1.807, 2.05) is 7.05 Å². The third-order valence-corrected chi connectivity index (χ3v) is 5.43. The van der Waals surface area contributed by atoms with Gasteiger partial charge in [0.05, 0.1) is 24.7 Å². The molecule has 2 unspecified atom stereocenters. The maximum absolute atomic E-state index is 11.5. The molecule has 0 spiro atoms. The van der Waals surface area contributed by atoms with Crippen LogP contribution >= 0.6 is 0 Å². The quantitative estimate of drug-likeness (QED) is 0.732. The van der Waals surface area contributed by atoms with Gasteiger partial charge in [0.2, 0.25) is 0 Å². The van der Waals surface area contributed by atoms with Gasteiger partial charge in [-0.05, 0) is 20.0 Å². The molecule has 1 N–H and O–H groups in total. The van der Waals surface area contributed by atoms with E-state index in [2.05, 4.69) is 10.2 Å². The summed E-state index contributed by atoms with van der Waals surface area (Å²) >= 11 is 0. The largest absolute Gasteiger partial charge is 0.379 e. The molecule has 2 aliphatic rings. The predicted octanol–water partition coefficient (Wildman–Crippen LogP) is -0.659. The Hall–Kier alpha value is -0.170. The van der Waals surface area contributed by atoms with E-state index in [0.717, 1.165) is 32.7 Å². The first kappa shape index (κ1) is 13.3. The predicted molar refractivity (Wildman–Crippen MR) is 66.9 cm³/mol. The maximum atomic E-state index is 11.5. The SMILES string of the molecule is CNC1COCC1CN1CCCS(=O)(=O)CC1. The monoisotopic (exact) mass is 262 g/mol. The van der Waals surface area contributed by atoms with Crippen LogP contribution in [0.2, 0.25) is 0 Å². The zero-order valence-electron chi connectivity index (χ0n) is 10.4. The van der Waals surface area contributed by atoms with E-state index >= 15 is 0 Å². The summed E-state index contributed by atoms with van der Waals surface area (Å²) in [6.07, 6.45) is 0.764. The molecule has 0 aliphatic carbocycles.